The van der Waals surface area contributed by atoms with Gasteiger partial charge >= 0.3 is 0 Å². The van der Waals surface area contributed by atoms with Gasteiger partial charge in [0.15, 0.2) is 0 Å². The molecule has 0 spiro atoms. The number of pyridine rings is 1. The van der Waals surface area contributed by atoms with Gasteiger partial charge in [-0.1, -0.05) is 12.1 Å². The third-order valence-electron chi connectivity index (χ3n) is 6.33. The number of benzene rings is 1. The van der Waals surface area contributed by atoms with Gasteiger partial charge in [0, 0.05) is 36.6 Å². The van der Waals surface area contributed by atoms with E-state index in [1.807, 2.05) is 13.8 Å². The minimum absolute atomic E-state index is 0.0244. The predicted octanol–water partition coefficient (Wildman–Crippen LogP) is 3.39. The molecule has 1 aliphatic carbocycles. The Morgan fingerprint density at radius 3 is 2.32 bits per heavy atom. The quantitative estimate of drug-likeness (QED) is 0.632. The molecule has 0 bridgehead atoms. The Morgan fingerprint density at radius 1 is 1.10 bits per heavy atom. The van der Waals surface area contributed by atoms with Gasteiger partial charge < -0.3 is 16.4 Å². The number of aromatic nitrogens is 1. The lowest BCUT2D eigenvalue weighted by molar-refractivity contribution is -0.125. The first-order valence-corrected chi connectivity index (χ1v) is 10.8. The molecule has 1 heterocycles. The molecule has 4 N–H and O–H groups in total. The number of amides is 2. The van der Waals surface area contributed by atoms with Crippen molar-refractivity contribution < 1.29 is 14.0 Å². The molecule has 1 atom stereocenters. The van der Waals surface area contributed by atoms with Crippen molar-refractivity contribution in [3.63, 3.8) is 0 Å². The van der Waals surface area contributed by atoms with Crippen LogP contribution < -0.4 is 16.4 Å². The number of nitrogens with two attached hydrogens (primary N) is 1. The summed E-state index contributed by atoms with van der Waals surface area (Å²) >= 11 is 0. The summed E-state index contributed by atoms with van der Waals surface area (Å²) in [5.74, 6) is -0.192. The molecule has 3 rings (SSSR count). The molecule has 1 aromatic heterocycles. The summed E-state index contributed by atoms with van der Waals surface area (Å²) in [5, 5.41) is 5.90. The van der Waals surface area contributed by atoms with Gasteiger partial charge in [0.1, 0.15) is 5.82 Å². The lowest BCUT2D eigenvalue weighted by Gasteiger charge is -2.32. The van der Waals surface area contributed by atoms with E-state index in [0.717, 1.165) is 36.9 Å². The third kappa shape index (κ3) is 5.88. The number of nitrogens with one attached hydrogen (secondary N) is 2. The van der Waals surface area contributed by atoms with Gasteiger partial charge in [-0.05, 0) is 75.3 Å². The van der Waals surface area contributed by atoms with Crippen molar-refractivity contribution in [1.29, 1.82) is 0 Å². The Bertz CT molecular complexity index is 878. The maximum absolute atomic E-state index is 13.2. The van der Waals surface area contributed by atoms with Crippen LogP contribution in [0.25, 0.3) is 0 Å². The number of rotatable bonds is 7. The number of anilines is 1. The molecular weight excluding hydrogens is 395 g/mol. The molecule has 0 aliphatic heterocycles. The Kier molecular flexibility index (Phi) is 7.38. The van der Waals surface area contributed by atoms with Gasteiger partial charge in [-0.2, -0.15) is 0 Å². The zero-order valence-corrected chi connectivity index (χ0v) is 18.1. The Labute approximate surface area is 182 Å². The van der Waals surface area contributed by atoms with E-state index in [0.29, 0.717) is 6.54 Å². The normalized spacial score (nSPS) is 20.0. The van der Waals surface area contributed by atoms with Crippen LogP contribution >= 0.6 is 0 Å². The van der Waals surface area contributed by atoms with Gasteiger partial charge in [0.25, 0.3) is 0 Å². The SMILES string of the molecule is CC(C)(C(=O)NCC(N)C1CCC(C(=O)Nc2ccncc2)CC1)c1ccc(F)cc1. The summed E-state index contributed by atoms with van der Waals surface area (Å²) in [6, 6.07) is 9.36. The van der Waals surface area contributed by atoms with E-state index in [1.165, 1.54) is 12.1 Å². The molecular formula is C24H31FN4O2. The van der Waals surface area contributed by atoms with Crippen molar-refractivity contribution in [2.24, 2.45) is 17.6 Å². The van der Waals surface area contributed by atoms with Crippen molar-refractivity contribution in [2.45, 2.75) is 51.0 Å². The first kappa shape index (κ1) is 22.9. The van der Waals surface area contributed by atoms with E-state index in [-0.39, 0.29) is 35.5 Å². The van der Waals surface area contributed by atoms with Crippen LogP contribution in [0.2, 0.25) is 0 Å². The van der Waals surface area contributed by atoms with Crippen LogP contribution in [0.15, 0.2) is 48.8 Å². The standard InChI is InChI=1S/C24H31FN4O2/c1-24(2,18-7-9-19(25)10-8-18)23(31)28-15-21(26)16-3-5-17(6-4-16)22(30)29-20-11-13-27-14-12-20/h7-14,16-17,21H,3-6,15,26H2,1-2H3,(H,28,31)(H,27,29,30). The second-order valence-electron chi connectivity index (χ2n) is 8.84. The highest BCUT2D eigenvalue weighted by Gasteiger charge is 2.32. The molecule has 2 amide bonds. The molecule has 31 heavy (non-hydrogen) atoms. The van der Waals surface area contributed by atoms with Crippen LogP contribution in [0, 0.1) is 17.7 Å². The second kappa shape index (κ2) is 10.0. The molecule has 0 saturated heterocycles. The topological polar surface area (TPSA) is 97.1 Å². The van der Waals surface area contributed by atoms with Gasteiger partial charge in [0.05, 0.1) is 5.41 Å². The number of halogens is 1. The van der Waals surface area contributed by atoms with E-state index < -0.39 is 5.41 Å². The minimum Gasteiger partial charge on any atom is -0.354 e. The summed E-state index contributed by atoms with van der Waals surface area (Å²) in [5.41, 5.74) is 7.10. The maximum Gasteiger partial charge on any atom is 0.230 e. The van der Waals surface area contributed by atoms with Gasteiger partial charge in [-0.3, -0.25) is 14.6 Å². The first-order chi connectivity index (χ1) is 14.8. The van der Waals surface area contributed by atoms with E-state index in [9.17, 15) is 14.0 Å². The highest BCUT2D eigenvalue weighted by molar-refractivity contribution is 5.92. The molecule has 1 unspecified atom stereocenters. The lowest BCUT2D eigenvalue weighted by Crippen LogP contribution is -2.48. The van der Waals surface area contributed by atoms with Gasteiger partial charge in [-0.15, -0.1) is 0 Å². The predicted molar refractivity (Wildman–Crippen MR) is 119 cm³/mol. The number of hydrogen-bond donors (Lipinski definition) is 3. The Balaban J connectivity index is 1.45. The van der Waals surface area contributed by atoms with Crippen LogP contribution in [0.5, 0.6) is 0 Å². The fourth-order valence-electron chi connectivity index (χ4n) is 4.08. The molecule has 0 radical (unpaired) electrons. The van der Waals surface area contributed by atoms with Crippen LogP contribution in [-0.4, -0.2) is 29.4 Å². The highest BCUT2D eigenvalue weighted by atomic mass is 19.1. The largest absolute Gasteiger partial charge is 0.354 e. The highest BCUT2D eigenvalue weighted by Crippen LogP contribution is 2.31. The molecule has 6 nitrogen and oxygen atoms in total. The van der Waals surface area contributed by atoms with Crippen LogP contribution in [0.1, 0.15) is 45.1 Å². The molecule has 1 aliphatic rings. The van der Waals surface area contributed by atoms with Crippen molar-refractivity contribution in [2.75, 3.05) is 11.9 Å². The molecule has 1 aromatic carbocycles. The van der Waals surface area contributed by atoms with Crippen molar-refractivity contribution in [1.82, 2.24) is 10.3 Å². The van der Waals surface area contributed by atoms with Gasteiger partial charge in [-0.25, -0.2) is 4.39 Å². The third-order valence-corrected chi connectivity index (χ3v) is 6.33. The first-order valence-electron chi connectivity index (χ1n) is 10.8. The Hall–Kier alpha value is -2.80. The number of hydrogen-bond acceptors (Lipinski definition) is 4. The zero-order chi connectivity index (χ0) is 22.4. The zero-order valence-electron chi connectivity index (χ0n) is 18.1. The van der Waals surface area contributed by atoms with E-state index in [1.54, 1.807) is 36.7 Å². The van der Waals surface area contributed by atoms with E-state index in [2.05, 4.69) is 15.6 Å². The summed E-state index contributed by atoms with van der Waals surface area (Å²) in [6.45, 7) is 4.00. The van der Waals surface area contributed by atoms with Gasteiger partial charge in [0.2, 0.25) is 11.8 Å². The van der Waals surface area contributed by atoms with Crippen molar-refractivity contribution in [3.05, 3.63) is 60.2 Å². The number of carbonyl (C=O) groups excluding carboxylic acids is 2. The summed E-state index contributed by atoms with van der Waals surface area (Å²) in [4.78, 5) is 29.2. The number of nitrogens with zero attached hydrogens (tertiary/aromatic N) is 1. The van der Waals surface area contributed by atoms with Crippen LogP contribution in [0.3, 0.4) is 0 Å². The maximum atomic E-state index is 13.2. The number of carbonyl (C=O) groups is 2. The minimum atomic E-state index is -0.782. The molecule has 7 heteroatoms. The molecule has 1 fully saturated rings. The van der Waals surface area contributed by atoms with Crippen molar-refractivity contribution in [3.8, 4) is 0 Å². The van der Waals surface area contributed by atoms with E-state index >= 15 is 0 Å². The fraction of sp³-hybridized carbons (Fsp3) is 0.458. The summed E-state index contributed by atoms with van der Waals surface area (Å²) in [7, 11) is 0. The Morgan fingerprint density at radius 2 is 1.71 bits per heavy atom. The van der Waals surface area contributed by atoms with Crippen molar-refractivity contribution >= 4 is 17.5 Å². The average Bonchev–Trinajstić information content (AvgIpc) is 2.78. The monoisotopic (exact) mass is 426 g/mol. The average molecular weight is 427 g/mol. The molecule has 166 valence electrons. The second-order valence-corrected chi connectivity index (χ2v) is 8.84. The summed E-state index contributed by atoms with van der Waals surface area (Å²) < 4.78 is 13.2. The van der Waals surface area contributed by atoms with Crippen LogP contribution in [-0.2, 0) is 15.0 Å². The molecule has 2 aromatic rings. The lowest BCUT2D eigenvalue weighted by atomic mass is 9.78. The summed E-state index contributed by atoms with van der Waals surface area (Å²) in [6.07, 6.45) is 6.57. The smallest absolute Gasteiger partial charge is 0.230 e. The van der Waals surface area contributed by atoms with Crippen LogP contribution in [0.4, 0.5) is 10.1 Å². The van der Waals surface area contributed by atoms with E-state index in [4.69, 9.17) is 5.73 Å². The molecule has 1 saturated carbocycles. The fourth-order valence-corrected chi connectivity index (χ4v) is 4.08.